The summed E-state index contributed by atoms with van der Waals surface area (Å²) >= 11 is 0. The van der Waals surface area contributed by atoms with Gasteiger partial charge in [-0.1, -0.05) is 27.7 Å². The number of carbonyl (C=O) groups is 1. The third-order valence-corrected chi connectivity index (χ3v) is 3.82. The van der Waals surface area contributed by atoms with Crippen LogP contribution in [0.3, 0.4) is 0 Å². The first-order chi connectivity index (χ1) is 7.85. The van der Waals surface area contributed by atoms with Crippen molar-refractivity contribution >= 4 is 5.91 Å². The number of hydrogen-bond donors (Lipinski definition) is 1. The summed E-state index contributed by atoms with van der Waals surface area (Å²) in [7, 11) is 0. The van der Waals surface area contributed by atoms with Gasteiger partial charge in [0.05, 0.1) is 5.92 Å². The highest BCUT2D eigenvalue weighted by Gasteiger charge is 2.30. The summed E-state index contributed by atoms with van der Waals surface area (Å²) in [5.74, 6) is 0.835. The molecule has 1 atom stereocenters. The Morgan fingerprint density at radius 2 is 1.82 bits per heavy atom. The molecule has 0 aromatic heterocycles. The summed E-state index contributed by atoms with van der Waals surface area (Å²) in [6, 6.07) is 0. The summed E-state index contributed by atoms with van der Waals surface area (Å²) in [6.45, 7) is 11.1. The minimum atomic E-state index is 0.0243. The van der Waals surface area contributed by atoms with Crippen molar-refractivity contribution in [3.05, 3.63) is 0 Å². The Morgan fingerprint density at radius 1 is 1.29 bits per heavy atom. The topological polar surface area (TPSA) is 46.3 Å². The van der Waals surface area contributed by atoms with Gasteiger partial charge in [-0.05, 0) is 30.6 Å². The number of likely N-dealkylation sites (tertiary alicyclic amines) is 1. The number of piperidine rings is 1. The lowest BCUT2D eigenvalue weighted by Crippen LogP contribution is -2.45. The molecule has 1 saturated heterocycles. The van der Waals surface area contributed by atoms with Gasteiger partial charge < -0.3 is 10.6 Å². The van der Waals surface area contributed by atoms with Crippen molar-refractivity contribution in [2.75, 3.05) is 19.6 Å². The highest BCUT2D eigenvalue weighted by Crippen LogP contribution is 2.30. The monoisotopic (exact) mass is 240 g/mol. The lowest BCUT2D eigenvalue weighted by molar-refractivity contribution is -0.137. The Balaban J connectivity index is 2.52. The van der Waals surface area contributed by atoms with E-state index < -0.39 is 0 Å². The lowest BCUT2D eigenvalue weighted by Gasteiger charge is -2.38. The van der Waals surface area contributed by atoms with Gasteiger partial charge >= 0.3 is 0 Å². The molecule has 1 aliphatic rings. The number of rotatable bonds is 4. The Kier molecular flexibility index (Phi) is 4.99. The predicted molar refractivity (Wildman–Crippen MR) is 71.6 cm³/mol. The summed E-state index contributed by atoms with van der Waals surface area (Å²) < 4.78 is 0. The molecule has 1 aliphatic heterocycles. The number of nitrogens with zero attached hydrogens (tertiary/aromatic N) is 1. The van der Waals surface area contributed by atoms with E-state index in [9.17, 15) is 4.79 Å². The summed E-state index contributed by atoms with van der Waals surface area (Å²) in [6.07, 6.45) is 3.13. The number of nitrogens with two attached hydrogens (primary N) is 1. The normalized spacial score (nSPS) is 21.6. The van der Waals surface area contributed by atoms with Crippen molar-refractivity contribution in [2.45, 2.75) is 47.0 Å². The maximum absolute atomic E-state index is 12.3. The fourth-order valence-electron chi connectivity index (χ4n) is 2.46. The molecule has 1 heterocycles. The molecule has 1 fully saturated rings. The third kappa shape index (κ3) is 4.30. The van der Waals surface area contributed by atoms with Crippen LogP contribution in [0.25, 0.3) is 0 Å². The maximum atomic E-state index is 12.3. The van der Waals surface area contributed by atoms with E-state index in [1.807, 2.05) is 4.90 Å². The molecule has 0 aliphatic carbocycles. The molecule has 1 rings (SSSR count). The minimum Gasteiger partial charge on any atom is -0.342 e. The van der Waals surface area contributed by atoms with Crippen LogP contribution < -0.4 is 5.73 Å². The molecule has 1 amide bonds. The van der Waals surface area contributed by atoms with Gasteiger partial charge in [0.25, 0.3) is 0 Å². The van der Waals surface area contributed by atoms with E-state index in [-0.39, 0.29) is 11.8 Å². The lowest BCUT2D eigenvalue weighted by atomic mass is 9.82. The van der Waals surface area contributed by atoms with Gasteiger partial charge in [-0.15, -0.1) is 0 Å². The van der Waals surface area contributed by atoms with Crippen molar-refractivity contribution in [1.82, 2.24) is 4.90 Å². The molecule has 0 spiro atoms. The quantitative estimate of drug-likeness (QED) is 0.819. The van der Waals surface area contributed by atoms with Crippen molar-refractivity contribution in [3.63, 3.8) is 0 Å². The molecule has 1 unspecified atom stereocenters. The van der Waals surface area contributed by atoms with E-state index >= 15 is 0 Å². The van der Waals surface area contributed by atoms with E-state index in [4.69, 9.17) is 5.73 Å². The van der Waals surface area contributed by atoms with Gasteiger partial charge in [0.2, 0.25) is 5.91 Å². The molecule has 3 nitrogen and oxygen atoms in total. The standard InChI is InChI=1S/C14H28N2O/c1-11(2)9-12(10-15)13(17)16-7-5-14(3,4)6-8-16/h11-12H,5-10,15H2,1-4H3. The van der Waals surface area contributed by atoms with E-state index in [1.165, 1.54) is 0 Å². The van der Waals surface area contributed by atoms with Crippen LogP contribution in [0.5, 0.6) is 0 Å². The number of amides is 1. The summed E-state index contributed by atoms with van der Waals surface area (Å²) in [4.78, 5) is 14.3. The van der Waals surface area contributed by atoms with Crippen molar-refractivity contribution in [2.24, 2.45) is 23.0 Å². The van der Waals surface area contributed by atoms with Gasteiger partial charge in [0, 0.05) is 19.6 Å². The van der Waals surface area contributed by atoms with Gasteiger partial charge in [-0.25, -0.2) is 0 Å². The Morgan fingerprint density at radius 3 is 2.24 bits per heavy atom. The van der Waals surface area contributed by atoms with Crippen LogP contribution in [0.15, 0.2) is 0 Å². The largest absolute Gasteiger partial charge is 0.342 e. The highest BCUT2D eigenvalue weighted by molar-refractivity contribution is 5.79. The Bertz CT molecular complexity index is 251. The smallest absolute Gasteiger partial charge is 0.226 e. The van der Waals surface area contributed by atoms with E-state index in [2.05, 4.69) is 27.7 Å². The van der Waals surface area contributed by atoms with Crippen LogP contribution in [0.2, 0.25) is 0 Å². The fraction of sp³-hybridized carbons (Fsp3) is 0.929. The van der Waals surface area contributed by atoms with Gasteiger partial charge in [-0.3, -0.25) is 4.79 Å². The zero-order valence-electron chi connectivity index (χ0n) is 11.8. The molecule has 0 bridgehead atoms. The van der Waals surface area contributed by atoms with Crippen LogP contribution in [-0.2, 0) is 4.79 Å². The molecule has 100 valence electrons. The first-order valence-corrected chi connectivity index (χ1v) is 6.84. The molecule has 2 N–H and O–H groups in total. The van der Waals surface area contributed by atoms with Crippen LogP contribution >= 0.6 is 0 Å². The SMILES string of the molecule is CC(C)CC(CN)C(=O)N1CCC(C)(C)CC1. The predicted octanol–water partition coefficient (Wildman–Crippen LogP) is 2.26. The number of carbonyl (C=O) groups excluding carboxylic acids is 1. The van der Waals surface area contributed by atoms with Crippen LogP contribution in [0.1, 0.15) is 47.0 Å². The average Bonchev–Trinajstić information content (AvgIpc) is 2.24. The van der Waals surface area contributed by atoms with E-state index in [1.54, 1.807) is 0 Å². The second kappa shape index (κ2) is 5.85. The van der Waals surface area contributed by atoms with E-state index in [0.29, 0.717) is 17.9 Å². The third-order valence-electron chi connectivity index (χ3n) is 3.82. The molecular formula is C14H28N2O. The fourth-order valence-corrected chi connectivity index (χ4v) is 2.46. The highest BCUT2D eigenvalue weighted by atomic mass is 16.2. The average molecular weight is 240 g/mol. The molecule has 0 radical (unpaired) electrons. The molecular weight excluding hydrogens is 212 g/mol. The molecule has 0 saturated carbocycles. The van der Waals surface area contributed by atoms with Crippen LogP contribution in [0, 0.1) is 17.3 Å². The summed E-state index contributed by atoms with van der Waals surface area (Å²) in [5, 5.41) is 0. The van der Waals surface area contributed by atoms with Gasteiger partial charge in [0.15, 0.2) is 0 Å². The van der Waals surface area contributed by atoms with Crippen LogP contribution in [-0.4, -0.2) is 30.4 Å². The molecule has 0 aromatic carbocycles. The van der Waals surface area contributed by atoms with Gasteiger partial charge in [-0.2, -0.15) is 0 Å². The maximum Gasteiger partial charge on any atom is 0.226 e. The Hall–Kier alpha value is -0.570. The zero-order chi connectivity index (χ0) is 13.1. The second-order valence-corrected chi connectivity index (χ2v) is 6.55. The molecule has 0 aromatic rings. The molecule has 3 heteroatoms. The van der Waals surface area contributed by atoms with E-state index in [0.717, 1.165) is 32.4 Å². The number of hydrogen-bond acceptors (Lipinski definition) is 2. The molecule has 17 heavy (non-hydrogen) atoms. The summed E-state index contributed by atoms with van der Waals surface area (Å²) in [5.41, 5.74) is 6.13. The second-order valence-electron chi connectivity index (χ2n) is 6.55. The van der Waals surface area contributed by atoms with Crippen molar-refractivity contribution in [1.29, 1.82) is 0 Å². The zero-order valence-corrected chi connectivity index (χ0v) is 11.8. The first-order valence-electron chi connectivity index (χ1n) is 6.84. The first kappa shape index (κ1) is 14.5. The van der Waals surface area contributed by atoms with Crippen molar-refractivity contribution in [3.8, 4) is 0 Å². The minimum absolute atomic E-state index is 0.0243. The van der Waals surface area contributed by atoms with Crippen LogP contribution in [0.4, 0.5) is 0 Å². The van der Waals surface area contributed by atoms with Gasteiger partial charge in [0.1, 0.15) is 0 Å². The van der Waals surface area contributed by atoms with Crippen molar-refractivity contribution < 1.29 is 4.79 Å². The Labute approximate surface area is 106 Å².